The zero-order valence-electron chi connectivity index (χ0n) is 7.26. The summed E-state index contributed by atoms with van der Waals surface area (Å²) >= 11 is 1.19. The average molecular weight is 214 g/mol. The van der Waals surface area contributed by atoms with E-state index in [9.17, 15) is 8.78 Å². The van der Waals surface area contributed by atoms with E-state index in [2.05, 4.69) is 0 Å². The van der Waals surface area contributed by atoms with Gasteiger partial charge in [-0.15, -0.1) is 11.3 Å². The van der Waals surface area contributed by atoms with Gasteiger partial charge >= 0.3 is 0 Å². The van der Waals surface area contributed by atoms with Gasteiger partial charge < -0.3 is 5.73 Å². The number of nitriles is 1. The molecule has 0 saturated heterocycles. The maximum atomic E-state index is 13.1. The van der Waals surface area contributed by atoms with Crippen LogP contribution in [0.1, 0.15) is 16.9 Å². The second kappa shape index (κ2) is 2.75. The minimum absolute atomic E-state index is 0.0641. The molecule has 0 amide bonds. The summed E-state index contributed by atoms with van der Waals surface area (Å²) in [4.78, 5) is 0.529. The number of alkyl halides is 2. The monoisotopic (exact) mass is 214 g/mol. The van der Waals surface area contributed by atoms with Crippen molar-refractivity contribution in [2.75, 3.05) is 6.54 Å². The minimum atomic E-state index is -2.70. The van der Waals surface area contributed by atoms with E-state index in [-0.39, 0.29) is 13.0 Å². The second-order valence-corrected chi connectivity index (χ2v) is 4.39. The van der Waals surface area contributed by atoms with Crippen molar-refractivity contribution >= 4 is 11.3 Å². The molecule has 14 heavy (non-hydrogen) atoms. The van der Waals surface area contributed by atoms with Gasteiger partial charge in [0.05, 0.1) is 11.0 Å². The molecule has 2 rings (SSSR count). The molecule has 1 aromatic rings. The van der Waals surface area contributed by atoms with Crippen molar-refractivity contribution in [3.63, 3.8) is 0 Å². The Morgan fingerprint density at radius 2 is 2.29 bits per heavy atom. The molecular weight excluding hydrogens is 206 g/mol. The highest BCUT2D eigenvalue weighted by Gasteiger charge is 2.71. The first kappa shape index (κ1) is 9.56. The number of thiophene rings is 1. The van der Waals surface area contributed by atoms with E-state index in [1.54, 1.807) is 5.38 Å². The lowest BCUT2D eigenvalue weighted by Crippen LogP contribution is -2.25. The van der Waals surface area contributed by atoms with Crippen LogP contribution in [0.3, 0.4) is 0 Å². The quantitative estimate of drug-likeness (QED) is 0.816. The van der Waals surface area contributed by atoms with Gasteiger partial charge in [0.2, 0.25) is 0 Å². The molecule has 0 bridgehead atoms. The van der Waals surface area contributed by atoms with Crippen LogP contribution >= 0.6 is 11.3 Å². The minimum Gasteiger partial charge on any atom is -0.329 e. The van der Waals surface area contributed by atoms with Crippen molar-refractivity contribution < 1.29 is 8.78 Å². The molecule has 5 heteroatoms. The van der Waals surface area contributed by atoms with E-state index >= 15 is 0 Å². The standard InChI is InChI=1S/C9H8F2N2S/c10-9(11)4-8(9,5-13)7-1-6(2-12)3-14-7/h1,3H,4-5,13H2. The van der Waals surface area contributed by atoms with E-state index in [1.807, 2.05) is 6.07 Å². The Morgan fingerprint density at radius 1 is 1.64 bits per heavy atom. The fourth-order valence-electron chi connectivity index (χ4n) is 1.57. The molecule has 1 fully saturated rings. The van der Waals surface area contributed by atoms with Gasteiger partial charge in [0.15, 0.2) is 0 Å². The van der Waals surface area contributed by atoms with Crippen LogP contribution in [0.15, 0.2) is 11.4 Å². The van der Waals surface area contributed by atoms with E-state index in [4.69, 9.17) is 11.0 Å². The highest BCUT2D eigenvalue weighted by atomic mass is 32.1. The van der Waals surface area contributed by atoms with Crippen molar-refractivity contribution in [2.45, 2.75) is 17.8 Å². The molecule has 1 saturated carbocycles. The Bertz CT molecular complexity index is 407. The summed E-state index contributed by atoms with van der Waals surface area (Å²) in [5.41, 5.74) is 4.61. The zero-order chi connectivity index (χ0) is 10.4. The number of nitrogens with zero attached hydrogens (tertiary/aromatic N) is 1. The topological polar surface area (TPSA) is 49.8 Å². The Labute approximate surface area is 84.0 Å². The molecule has 1 aliphatic carbocycles. The van der Waals surface area contributed by atoms with Crippen molar-refractivity contribution in [1.29, 1.82) is 5.26 Å². The molecule has 0 aromatic carbocycles. The maximum absolute atomic E-state index is 13.1. The Hall–Kier alpha value is -0.990. The summed E-state index contributed by atoms with van der Waals surface area (Å²) in [5.74, 6) is -2.70. The van der Waals surface area contributed by atoms with Gasteiger partial charge in [-0.05, 0) is 6.07 Å². The smallest absolute Gasteiger partial charge is 0.261 e. The summed E-state index contributed by atoms with van der Waals surface area (Å²) in [7, 11) is 0. The summed E-state index contributed by atoms with van der Waals surface area (Å²) in [6.07, 6.45) is -0.193. The van der Waals surface area contributed by atoms with Gasteiger partial charge in [0.25, 0.3) is 5.92 Å². The Balaban J connectivity index is 2.36. The van der Waals surface area contributed by atoms with Crippen LogP contribution in [0, 0.1) is 11.3 Å². The number of halogens is 2. The highest BCUT2D eigenvalue weighted by Crippen LogP contribution is 2.62. The lowest BCUT2D eigenvalue weighted by Gasteiger charge is -2.10. The van der Waals surface area contributed by atoms with Gasteiger partial charge in [-0.25, -0.2) is 8.78 Å². The van der Waals surface area contributed by atoms with Crippen molar-refractivity contribution in [1.82, 2.24) is 0 Å². The molecule has 74 valence electrons. The number of nitrogens with two attached hydrogens (primary N) is 1. The van der Waals surface area contributed by atoms with Gasteiger partial charge in [-0.2, -0.15) is 5.26 Å². The normalized spacial score (nSPS) is 28.4. The first-order chi connectivity index (χ1) is 6.55. The fraction of sp³-hybridized carbons (Fsp3) is 0.444. The van der Waals surface area contributed by atoms with Gasteiger partial charge in [-0.3, -0.25) is 0 Å². The highest BCUT2D eigenvalue weighted by molar-refractivity contribution is 7.10. The van der Waals surface area contributed by atoms with Crippen LogP contribution in [-0.4, -0.2) is 12.5 Å². The van der Waals surface area contributed by atoms with Gasteiger partial charge in [0.1, 0.15) is 6.07 Å². The Morgan fingerprint density at radius 3 is 2.64 bits per heavy atom. The van der Waals surface area contributed by atoms with Crippen molar-refractivity contribution in [2.24, 2.45) is 5.73 Å². The predicted octanol–water partition coefficient (Wildman–Crippen LogP) is 1.86. The SMILES string of the molecule is N#Cc1csc(C2(CN)CC2(F)F)c1. The third kappa shape index (κ3) is 1.08. The number of rotatable bonds is 2. The summed E-state index contributed by atoms with van der Waals surface area (Å²) in [6.45, 7) is -0.0641. The van der Waals surface area contributed by atoms with Crippen molar-refractivity contribution in [3.05, 3.63) is 21.9 Å². The molecular formula is C9H8F2N2S. The second-order valence-electron chi connectivity index (χ2n) is 3.48. The van der Waals surface area contributed by atoms with Crippen LogP contribution < -0.4 is 5.73 Å². The van der Waals surface area contributed by atoms with Crippen LogP contribution in [-0.2, 0) is 5.41 Å². The third-order valence-corrected chi connectivity index (χ3v) is 3.78. The molecule has 0 spiro atoms. The zero-order valence-corrected chi connectivity index (χ0v) is 8.07. The summed E-state index contributed by atoms with van der Waals surface area (Å²) in [6, 6.07) is 3.44. The van der Waals surface area contributed by atoms with Gasteiger partial charge in [0, 0.05) is 23.2 Å². The largest absolute Gasteiger partial charge is 0.329 e. The lowest BCUT2D eigenvalue weighted by atomic mass is 10.0. The van der Waals surface area contributed by atoms with Crippen LogP contribution in [0.2, 0.25) is 0 Å². The molecule has 1 atom stereocenters. The van der Waals surface area contributed by atoms with E-state index in [0.29, 0.717) is 10.4 Å². The van der Waals surface area contributed by atoms with Crippen LogP contribution in [0.25, 0.3) is 0 Å². The van der Waals surface area contributed by atoms with Crippen LogP contribution in [0.4, 0.5) is 8.78 Å². The molecule has 0 radical (unpaired) electrons. The average Bonchev–Trinajstić information content (AvgIpc) is 2.57. The lowest BCUT2D eigenvalue weighted by molar-refractivity contribution is 0.0904. The number of hydrogen-bond acceptors (Lipinski definition) is 3. The Kier molecular flexibility index (Phi) is 1.88. The van der Waals surface area contributed by atoms with Crippen LogP contribution in [0.5, 0.6) is 0 Å². The molecule has 0 aliphatic heterocycles. The number of hydrogen-bond donors (Lipinski definition) is 1. The molecule has 1 heterocycles. The summed E-state index contributed by atoms with van der Waals surface area (Å²) in [5, 5.41) is 10.2. The van der Waals surface area contributed by atoms with Crippen molar-refractivity contribution in [3.8, 4) is 6.07 Å². The van der Waals surface area contributed by atoms with E-state index in [1.165, 1.54) is 17.4 Å². The maximum Gasteiger partial charge on any atom is 0.261 e. The first-order valence-corrected chi connectivity index (χ1v) is 5.01. The first-order valence-electron chi connectivity index (χ1n) is 4.13. The third-order valence-electron chi connectivity index (χ3n) is 2.65. The molecule has 1 aliphatic rings. The fourth-order valence-corrected chi connectivity index (χ4v) is 2.67. The molecule has 2 N–H and O–H groups in total. The van der Waals surface area contributed by atoms with E-state index < -0.39 is 11.3 Å². The summed E-state index contributed by atoms with van der Waals surface area (Å²) < 4.78 is 26.2. The molecule has 1 unspecified atom stereocenters. The predicted molar refractivity (Wildman–Crippen MR) is 49.3 cm³/mol. The molecule has 1 aromatic heterocycles. The van der Waals surface area contributed by atoms with Gasteiger partial charge in [-0.1, -0.05) is 0 Å². The van der Waals surface area contributed by atoms with E-state index in [0.717, 1.165) is 0 Å². The molecule has 2 nitrogen and oxygen atoms in total.